The molecular weight excluding hydrogens is 524 g/mol. The van der Waals surface area contributed by atoms with E-state index in [9.17, 15) is 31.4 Å². The molecule has 208 valence electrons. The van der Waals surface area contributed by atoms with Crippen molar-refractivity contribution in [3.63, 3.8) is 0 Å². The Balaban J connectivity index is 1.60. The lowest BCUT2D eigenvalue weighted by molar-refractivity contribution is -0.141. The van der Waals surface area contributed by atoms with Crippen molar-refractivity contribution in [2.24, 2.45) is 0 Å². The van der Waals surface area contributed by atoms with E-state index in [1.807, 2.05) is 31.2 Å². The molecule has 5 nitrogen and oxygen atoms in total. The third-order valence-corrected chi connectivity index (χ3v) is 7.36. The van der Waals surface area contributed by atoms with Crippen LogP contribution in [-0.4, -0.2) is 33.1 Å². The molecular formula is C28H27F6N3O2. The van der Waals surface area contributed by atoms with Crippen LogP contribution in [0.15, 0.2) is 54.6 Å². The fraction of sp³-hybridized carbons (Fsp3) is 0.393. The fourth-order valence-electron chi connectivity index (χ4n) is 5.39. The quantitative estimate of drug-likeness (QED) is 0.248. The highest BCUT2D eigenvalue weighted by molar-refractivity contribution is 5.98. The molecule has 0 bridgehead atoms. The summed E-state index contributed by atoms with van der Waals surface area (Å²) in [4.78, 5) is 3.41. The van der Waals surface area contributed by atoms with E-state index in [0.717, 1.165) is 29.1 Å². The van der Waals surface area contributed by atoms with Crippen LogP contribution in [-0.2, 0) is 29.0 Å². The van der Waals surface area contributed by atoms with E-state index in [0.29, 0.717) is 23.2 Å². The number of aromatic nitrogens is 3. The molecule has 11 heteroatoms. The molecule has 4 aromatic rings. The van der Waals surface area contributed by atoms with Gasteiger partial charge in [-0.25, -0.2) is 0 Å². The Bertz CT molecular complexity index is 1470. The summed E-state index contributed by atoms with van der Waals surface area (Å²) in [5.41, 5.74) is 0.248. The van der Waals surface area contributed by atoms with Gasteiger partial charge in [0.25, 0.3) is 0 Å². The monoisotopic (exact) mass is 551 g/mol. The molecule has 5 rings (SSSR count). The number of aliphatic hydroxyl groups excluding tert-OH is 1. The molecule has 2 aromatic heterocycles. The number of nitrogens with zero attached hydrogens (tertiary/aromatic N) is 2. The molecule has 0 saturated carbocycles. The van der Waals surface area contributed by atoms with E-state index in [1.165, 1.54) is 10.7 Å². The highest BCUT2D eigenvalue weighted by Gasteiger charge is 2.42. The first kappa shape index (κ1) is 27.3. The van der Waals surface area contributed by atoms with Crippen LogP contribution in [0.4, 0.5) is 26.3 Å². The largest absolute Gasteiger partial charge is 0.435 e. The number of halogens is 6. The van der Waals surface area contributed by atoms with Gasteiger partial charge in [0.2, 0.25) is 0 Å². The molecule has 0 amide bonds. The average Bonchev–Trinajstić information content (AvgIpc) is 3.50. The summed E-state index contributed by atoms with van der Waals surface area (Å²) in [5, 5.41) is 13.7. The minimum absolute atomic E-state index is 0.0837. The van der Waals surface area contributed by atoms with Crippen molar-refractivity contribution in [3.05, 3.63) is 77.2 Å². The number of hydrogen-bond donors (Lipinski definition) is 2. The summed E-state index contributed by atoms with van der Waals surface area (Å²) in [6.45, 7) is 2.05. The van der Waals surface area contributed by atoms with Crippen molar-refractivity contribution in [1.29, 1.82) is 0 Å². The van der Waals surface area contributed by atoms with E-state index in [1.54, 1.807) is 6.07 Å². The minimum Gasteiger partial charge on any atom is -0.396 e. The first-order valence-corrected chi connectivity index (χ1v) is 12.6. The van der Waals surface area contributed by atoms with E-state index in [-0.39, 0.29) is 38.3 Å². The number of aromatic amines is 1. The lowest BCUT2D eigenvalue weighted by Gasteiger charge is -2.38. The fourth-order valence-corrected chi connectivity index (χ4v) is 5.39. The first-order chi connectivity index (χ1) is 18.4. The molecule has 2 aromatic carbocycles. The zero-order chi connectivity index (χ0) is 28.0. The lowest BCUT2D eigenvalue weighted by Crippen LogP contribution is -2.34. The number of aliphatic hydroxyl groups is 1. The van der Waals surface area contributed by atoms with Crippen LogP contribution in [0.3, 0.4) is 0 Å². The third-order valence-electron chi connectivity index (χ3n) is 7.36. The van der Waals surface area contributed by atoms with Gasteiger partial charge in [-0.1, -0.05) is 37.3 Å². The number of alkyl halides is 6. The van der Waals surface area contributed by atoms with Crippen LogP contribution >= 0.6 is 0 Å². The predicted molar refractivity (Wildman–Crippen MR) is 133 cm³/mol. The second-order valence-electron chi connectivity index (χ2n) is 10.1. The zero-order valence-electron chi connectivity index (χ0n) is 21.0. The van der Waals surface area contributed by atoms with Crippen molar-refractivity contribution >= 4 is 10.9 Å². The van der Waals surface area contributed by atoms with Gasteiger partial charge in [-0.15, -0.1) is 0 Å². The number of para-hydroxylation sites is 1. The summed E-state index contributed by atoms with van der Waals surface area (Å²) < 4.78 is 88.5. The Morgan fingerprint density at radius 2 is 1.82 bits per heavy atom. The second-order valence-corrected chi connectivity index (χ2v) is 10.1. The topological polar surface area (TPSA) is 63.1 Å². The summed E-state index contributed by atoms with van der Waals surface area (Å²) in [5.74, 6) is 0. The van der Waals surface area contributed by atoms with Crippen LogP contribution in [0.25, 0.3) is 22.0 Å². The minimum atomic E-state index is -4.65. The Hall–Kier alpha value is -3.31. The Morgan fingerprint density at radius 1 is 1.05 bits per heavy atom. The van der Waals surface area contributed by atoms with Gasteiger partial charge in [0.15, 0.2) is 5.69 Å². The van der Waals surface area contributed by atoms with E-state index in [4.69, 9.17) is 4.74 Å². The van der Waals surface area contributed by atoms with Gasteiger partial charge in [0.05, 0.1) is 11.3 Å². The number of benzene rings is 2. The van der Waals surface area contributed by atoms with Crippen molar-refractivity contribution in [1.82, 2.24) is 14.8 Å². The Labute approximate surface area is 220 Å². The van der Waals surface area contributed by atoms with Crippen LogP contribution in [0.2, 0.25) is 0 Å². The van der Waals surface area contributed by atoms with Crippen molar-refractivity contribution < 1.29 is 36.2 Å². The molecule has 2 unspecified atom stereocenters. The van der Waals surface area contributed by atoms with E-state index in [2.05, 4.69) is 10.1 Å². The Kier molecular flexibility index (Phi) is 7.00. The van der Waals surface area contributed by atoms with Gasteiger partial charge in [-0.2, -0.15) is 31.4 Å². The standard InChI is InChI=1S/C28H27F6N3O2/c1-26(10-13-39-22(16-26)21-15-23(28(32,33)34)36-37(21)11-5-12-38)25-24(19-8-2-3-9-20(19)35-25)17-6-4-7-18(14-17)27(29,30)31/h2-4,6-9,14-15,22,35,38H,5,10-13,16H2,1H3. The van der Waals surface area contributed by atoms with E-state index < -0.39 is 35.1 Å². The molecule has 2 atom stereocenters. The van der Waals surface area contributed by atoms with Gasteiger partial charge >= 0.3 is 12.4 Å². The lowest BCUT2D eigenvalue weighted by atomic mass is 9.74. The molecule has 1 fully saturated rings. The van der Waals surface area contributed by atoms with Crippen LogP contribution in [0.1, 0.15) is 54.9 Å². The predicted octanol–water partition coefficient (Wildman–Crippen LogP) is 7.26. The molecule has 1 aliphatic heterocycles. The summed E-state index contributed by atoms with van der Waals surface area (Å²) >= 11 is 0. The third kappa shape index (κ3) is 5.29. The SMILES string of the molecule is CC1(c2[nH]c3ccccc3c2-c2cccc(C(F)(F)F)c2)CCOC(c2cc(C(F)(F)F)nn2CCCO)C1. The van der Waals surface area contributed by atoms with Crippen LogP contribution in [0.5, 0.6) is 0 Å². The van der Waals surface area contributed by atoms with Gasteiger partial charge in [0.1, 0.15) is 6.10 Å². The molecule has 39 heavy (non-hydrogen) atoms. The number of H-pyrrole nitrogens is 1. The maximum atomic E-state index is 13.6. The smallest absolute Gasteiger partial charge is 0.396 e. The number of nitrogens with one attached hydrogen (secondary N) is 1. The number of rotatable bonds is 6. The average molecular weight is 552 g/mol. The molecule has 1 saturated heterocycles. The molecule has 0 spiro atoms. The molecule has 2 N–H and O–H groups in total. The number of aryl methyl sites for hydroxylation is 1. The summed E-state index contributed by atoms with van der Waals surface area (Å²) in [7, 11) is 0. The molecule has 1 aliphatic rings. The van der Waals surface area contributed by atoms with E-state index >= 15 is 0 Å². The molecule has 3 heterocycles. The first-order valence-electron chi connectivity index (χ1n) is 12.6. The zero-order valence-corrected chi connectivity index (χ0v) is 21.0. The highest BCUT2D eigenvalue weighted by Crippen LogP contribution is 2.48. The van der Waals surface area contributed by atoms with Gasteiger partial charge in [-0.05, 0) is 49.1 Å². The van der Waals surface area contributed by atoms with Gasteiger partial charge in [0, 0.05) is 47.3 Å². The van der Waals surface area contributed by atoms with Crippen molar-refractivity contribution in [2.45, 2.75) is 56.6 Å². The summed E-state index contributed by atoms with van der Waals surface area (Å²) in [6.07, 6.45) is -8.92. The summed E-state index contributed by atoms with van der Waals surface area (Å²) in [6, 6.07) is 13.4. The molecule has 0 radical (unpaired) electrons. The normalized spacial score (nSPS) is 20.6. The number of hydrogen-bond acceptors (Lipinski definition) is 3. The van der Waals surface area contributed by atoms with Gasteiger partial charge < -0.3 is 14.8 Å². The van der Waals surface area contributed by atoms with Crippen molar-refractivity contribution in [2.75, 3.05) is 13.2 Å². The molecule has 0 aliphatic carbocycles. The second kappa shape index (κ2) is 10.0. The van der Waals surface area contributed by atoms with Crippen LogP contribution < -0.4 is 0 Å². The maximum Gasteiger partial charge on any atom is 0.435 e. The van der Waals surface area contributed by atoms with Crippen LogP contribution in [0, 0.1) is 0 Å². The van der Waals surface area contributed by atoms with Gasteiger partial charge in [-0.3, -0.25) is 4.68 Å². The number of fused-ring (bicyclic) bond motifs is 1. The Morgan fingerprint density at radius 3 is 2.54 bits per heavy atom. The van der Waals surface area contributed by atoms with Crippen molar-refractivity contribution in [3.8, 4) is 11.1 Å². The maximum absolute atomic E-state index is 13.6. The highest BCUT2D eigenvalue weighted by atomic mass is 19.4. The number of ether oxygens (including phenoxy) is 1.